The van der Waals surface area contributed by atoms with Crippen molar-refractivity contribution in [1.82, 2.24) is 0 Å². The van der Waals surface area contributed by atoms with Crippen LogP contribution in [0.2, 0.25) is 0 Å². The van der Waals surface area contributed by atoms with E-state index in [2.05, 4.69) is 17.4 Å². The van der Waals surface area contributed by atoms with E-state index in [4.69, 9.17) is 0 Å². The van der Waals surface area contributed by atoms with Crippen LogP contribution < -0.4 is 5.32 Å². The third-order valence-electron chi connectivity index (χ3n) is 3.29. The second kappa shape index (κ2) is 6.74. The van der Waals surface area contributed by atoms with Gasteiger partial charge in [0, 0.05) is 6.04 Å². The Morgan fingerprint density at radius 2 is 1.95 bits per heavy atom. The molecule has 0 heterocycles. The lowest BCUT2D eigenvalue weighted by molar-refractivity contribution is -0.384. The molecular formula is C16H18N2O3. The van der Waals surface area contributed by atoms with E-state index in [9.17, 15) is 15.2 Å². The zero-order valence-corrected chi connectivity index (χ0v) is 11.8. The van der Waals surface area contributed by atoms with Crippen molar-refractivity contribution >= 4 is 11.4 Å². The Labute approximate surface area is 123 Å². The molecule has 0 aliphatic rings. The largest absolute Gasteiger partial charge is 0.508 e. The van der Waals surface area contributed by atoms with Crippen LogP contribution in [-0.4, -0.2) is 16.1 Å². The highest BCUT2D eigenvalue weighted by molar-refractivity contribution is 5.64. The van der Waals surface area contributed by atoms with Crippen molar-refractivity contribution in [2.45, 2.75) is 25.8 Å². The van der Waals surface area contributed by atoms with Crippen molar-refractivity contribution in [3.63, 3.8) is 0 Å². The minimum absolute atomic E-state index is 0.0912. The molecule has 0 saturated heterocycles. The molecule has 2 N–H and O–H groups in total. The number of aromatic hydroxyl groups is 1. The van der Waals surface area contributed by atoms with Crippen molar-refractivity contribution in [3.05, 3.63) is 64.2 Å². The summed E-state index contributed by atoms with van der Waals surface area (Å²) >= 11 is 0. The van der Waals surface area contributed by atoms with Gasteiger partial charge in [0.15, 0.2) is 0 Å². The zero-order valence-electron chi connectivity index (χ0n) is 11.8. The van der Waals surface area contributed by atoms with E-state index in [1.54, 1.807) is 0 Å². The number of hydrogen-bond acceptors (Lipinski definition) is 4. The zero-order chi connectivity index (χ0) is 15.2. The average Bonchev–Trinajstić information content (AvgIpc) is 2.48. The molecule has 0 radical (unpaired) electrons. The van der Waals surface area contributed by atoms with Crippen LogP contribution in [0.1, 0.15) is 18.9 Å². The Kier molecular flexibility index (Phi) is 4.77. The van der Waals surface area contributed by atoms with E-state index in [1.807, 2.05) is 25.1 Å². The Morgan fingerprint density at radius 1 is 1.24 bits per heavy atom. The molecule has 1 atom stereocenters. The number of hydrogen-bond donors (Lipinski definition) is 2. The topological polar surface area (TPSA) is 75.4 Å². The molecule has 2 aromatic carbocycles. The van der Waals surface area contributed by atoms with Crippen LogP contribution in [0.25, 0.3) is 0 Å². The fraction of sp³-hybridized carbons (Fsp3) is 0.250. The van der Waals surface area contributed by atoms with Crippen LogP contribution in [0.5, 0.6) is 5.75 Å². The van der Waals surface area contributed by atoms with Gasteiger partial charge in [-0.2, -0.15) is 0 Å². The summed E-state index contributed by atoms with van der Waals surface area (Å²) in [4.78, 5) is 10.5. The number of nitrogens with zero attached hydrogens (tertiary/aromatic N) is 1. The summed E-state index contributed by atoms with van der Waals surface area (Å²) in [6, 6.07) is 14.3. The number of nitro benzene ring substituents is 1. The third kappa shape index (κ3) is 4.21. The number of phenols is 1. The number of nitro groups is 1. The second-order valence-corrected chi connectivity index (χ2v) is 5.03. The number of rotatable bonds is 6. The van der Waals surface area contributed by atoms with E-state index in [0.717, 1.165) is 18.9 Å². The van der Waals surface area contributed by atoms with Crippen LogP contribution in [0.4, 0.5) is 11.4 Å². The molecule has 0 spiro atoms. The van der Waals surface area contributed by atoms with Crippen LogP contribution in [0.15, 0.2) is 48.5 Å². The molecule has 0 amide bonds. The summed E-state index contributed by atoms with van der Waals surface area (Å²) in [5.41, 5.74) is 1.56. The Hall–Kier alpha value is -2.56. The summed E-state index contributed by atoms with van der Waals surface area (Å²) in [6.45, 7) is 1.99. The van der Waals surface area contributed by atoms with Crippen LogP contribution in [0, 0.1) is 10.1 Å². The Balaban J connectivity index is 1.99. The smallest absolute Gasteiger partial charge is 0.296 e. The average molecular weight is 286 g/mol. The van der Waals surface area contributed by atoms with Crippen LogP contribution in [-0.2, 0) is 6.42 Å². The summed E-state index contributed by atoms with van der Waals surface area (Å²) in [5.74, 6) is -0.107. The third-order valence-corrected chi connectivity index (χ3v) is 3.29. The van der Waals surface area contributed by atoms with Gasteiger partial charge in [-0.1, -0.05) is 30.3 Å². The minimum atomic E-state index is -0.494. The molecule has 5 nitrogen and oxygen atoms in total. The molecular weight excluding hydrogens is 268 g/mol. The first kappa shape index (κ1) is 14.8. The molecule has 110 valence electrons. The maximum atomic E-state index is 11.0. The molecule has 0 aliphatic heterocycles. The lowest BCUT2D eigenvalue weighted by Gasteiger charge is -2.15. The molecule has 21 heavy (non-hydrogen) atoms. The van der Waals surface area contributed by atoms with Gasteiger partial charge in [-0.3, -0.25) is 10.1 Å². The number of nitrogens with one attached hydrogen (secondary N) is 1. The van der Waals surface area contributed by atoms with E-state index in [0.29, 0.717) is 5.69 Å². The summed E-state index contributed by atoms with van der Waals surface area (Å²) in [6.07, 6.45) is 1.77. The maximum Gasteiger partial charge on any atom is 0.296 e. The van der Waals surface area contributed by atoms with E-state index in [1.165, 1.54) is 17.7 Å². The first-order valence-corrected chi connectivity index (χ1v) is 6.84. The van der Waals surface area contributed by atoms with E-state index < -0.39 is 4.92 Å². The van der Waals surface area contributed by atoms with Gasteiger partial charge >= 0.3 is 0 Å². The molecule has 0 aromatic heterocycles. The number of anilines is 1. The van der Waals surface area contributed by atoms with Crippen molar-refractivity contribution in [2.75, 3.05) is 5.32 Å². The van der Waals surface area contributed by atoms with Gasteiger partial charge in [0.25, 0.3) is 5.69 Å². The monoisotopic (exact) mass is 286 g/mol. The van der Waals surface area contributed by atoms with Crippen molar-refractivity contribution in [2.24, 2.45) is 0 Å². The molecule has 0 saturated carbocycles. The van der Waals surface area contributed by atoms with Crippen molar-refractivity contribution < 1.29 is 10.0 Å². The molecule has 5 heteroatoms. The molecule has 1 unspecified atom stereocenters. The highest BCUT2D eigenvalue weighted by Crippen LogP contribution is 2.29. The van der Waals surface area contributed by atoms with Crippen LogP contribution >= 0.6 is 0 Å². The second-order valence-electron chi connectivity index (χ2n) is 5.03. The predicted molar refractivity (Wildman–Crippen MR) is 82.6 cm³/mol. The van der Waals surface area contributed by atoms with Crippen molar-refractivity contribution in [3.8, 4) is 5.75 Å². The van der Waals surface area contributed by atoms with E-state index in [-0.39, 0.29) is 17.5 Å². The highest BCUT2D eigenvalue weighted by Gasteiger charge is 2.16. The summed E-state index contributed by atoms with van der Waals surface area (Å²) in [5, 5.41) is 23.5. The number of benzene rings is 2. The normalized spacial score (nSPS) is 11.9. The molecule has 0 aliphatic carbocycles. The number of aryl methyl sites for hydroxylation is 1. The lowest BCUT2D eigenvalue weighted by atomic mass is 10.1. The fourth-order valence-electron chi connectivity index (χ4n) is 2.16. The fourth-order valence-corrected chi connectivity index (χ4v) is 2.16. The maximum absolute atomic E-state index is 11.0. The lowest BCUT2D eigenvalue weighted by Crippen LogP contribution is -2.16. The van der Waals surface area contributed by atoms with Crippen LogP contribution in [0.3, 0.4) is 0 Å². The van der Waals surface area contributed by atoms with Gasteiger partial charge in [0.2, 0.25) is 0 Å². The number of phenolic OH excluding ortho intramolecular Hbond substituents is 1. The summed E-state index contributed by atoms with van der Waals surface area (Å²) < 4.78 is 0. The summed E-state index contributed by atoms with van der Waals surface area (Å²) in [7, 11) is 0. The standard InChI is InChI=1S/C16H18N2O3/c1-12(7-8-13-5-3-2-4-6-13)17-15-10-9-14(19)11-16(15)18(20)21/h2-6,9-12,17,19H,7-8H2,1H3. The quantitative estimate of drug-likeness (QED) is 0.482. The first-order valence-electron chi connectivity index (χ1n) is 6.84. The molecule has 2 rings (SSSR count). The highest BCUT2D eigenvalue weighted by atomic mass is 16.6. The van der Waals surface area contributed by atoms with Gasteiger partial charge in [-0.15, -0.1) is 0 Å². The Bertz CT molecular complexity index is 614. The van der Waals surface area contributed by atoms with Gasteiger partial charge < -0.3 is 10.4 Å². The van der Waals surface area contributed by atoms with Gasteiger partial charge in [0.1, 0.15) is 11.4 Å². The molecule has 2 aromatic rings. The first-order chi connectivity index (χ1) is 10.1. The van der Waals surface area contributed by atoms with Crippen molar-refractivity contribution in [1.29, 1.82) is 0 Å². The molecule has 0 bridgehead atoms. The predicted octanol–water partition coefficient (Wildman–Crippen LogP) is 3.73. The van der Waals surface area contributed by atoms with Gasteiger partial charge in [0.05, 0.1) is 11.0 Å². The minimum Gasteiger partial charge on any atom is -0.508 e. The SMILES string of the molecule is CC(CCc1ccccc1)Nc1ccc(O)cc1[N+](=O)[O-]. The van der Waals surface area contributed by atoms with Gasteiger partial charge in [-0.25, -0.2) is 0 Å². The molecule has 0 fully saturated rings. The Morgan fingerprint density at radius 3 is 2.62 bits per heavy atom. The van der Waals surface area contributed by atoms with E-state index >= 15 is 0 Å². The van der Waals surface area contributed by atoms with Gasteiger partial charge in [-0.05, 0) is 37.5 Å².